The van der Waals surface area contributed by atoms with Crippen molar-refractivity contribution >= 4 is 11.9 Å². The van der Waals surface area contributed by atoms with E-state index in [4.69, 9.17) is 0 Å². The van der Waals surface area contributed by atoms with Crippen LogP contribution in [0.25, 0.3) is 0 Å². The fraction of sp³-hybridized carbons (Fsp3) is 0.800. The molecule has 0 saturated carbocycles. The van der Waals surface area contributed by atoms with E-state index >= 15 is 0 Å². The van der Waals surface area contributed by atoms with Crippen LogP contribution in [-0.2, 0) is 14.3 Å². The fourth-order valence-corrected chi connectivity index (χ4v) is 1.62. The van der Waals surface area contributed by atoms with E-state index in [2.05, 4.69) is 10.1 Å². The summed E-state index contributed by atoms with van der Waals surface area (Å²) in [6.07, 6.45) is 0.809. The number of nitrogens with one attached hydrogen (secondary N) is 1. The van der Waals surface area contributed by atoms with Crippen molar-refractivity contribution in [3.63, 3.8) is 0 Å². The van der Waals surface area contributed by atoms with Crippen LogP contribution in [0.2, 0.25) is 0 Å². The van der Waals surface area contributed by atoms with E-state index < -0.39 is 0 Å². The van der Waals surface area contributed by atoms with E-state index in [1.54, 1.807) is 18.9 Å². The second kappa shape index (κ2) is 5.11. The van der Waals surface area contributed by atoms with Gasteiger partial charge in [0, 0.05) is 20.1 Å². The summed E-state index contributed by atoms with van der Waals surface area (Å²) >= 11 is 0. The topological polar surface area (TPSA) is 58.6 Å². The SMILES string of the molecule is COC(=O)C(C)CNC1CCN(C)C1=O. The number of hydrogen-bond acceptors (Lipinski definition) is 4. The van der Waals surface area contributed by atoms with Crippen LogP contribution in [0.3, 0.4) is 0 Å². The molecule has 1 aliphatic rings. The molecule has 2 atom stereocenters. The van der Waals surface area contributed by atoms with Crippen LogP contribution in [0.15, 0.2) is 0 Å². The third-order valence-electron chi connectivity index (χ3n) is 2.70. The fourth-order valence-electron chi connectivity index (χ4n) is 1.62. The van der Waals surface area contributed by atoms with Crippen molar-refractivity contribution in [2.45, 2.75) is 19.4 Å². The summed E-state index contributed by atoms with van der Waals surface area (Å²) in [5.74, 6) is -0.359. The molecule has 1 fully saturated rings. The predicted octanol–water partition coefficient (Wildman–Crippen LogP) is -0.384. The number of hydrogen-bond donors (Lipinski definition) is 1. The second-order valence-corrected chi connectivity index (χ2v) is 3.93. The van der Waals surface area contributed by atoms with Crippen molar-refractivity contribution in [2.75, 3.05) is 27.2 Å². The first kappa shape index (κ1) is 12.0. The molecule has 2 unspecified atom stereocenters. The number of carbonyl (C=O) groups is 2. The Kier molecular flexibility index (Phi) is 4.08. The molecular weight excluding hydrogens is 196 g/mol. The standard InChI is InChI=1S/C10H18N2O3/c1-7(10(14)15-3)6-11-8-4-5-12(2)9(8)13/h7-8,11H,4-6H2,1-3H3. The number of methoxy groups -OCH3 is 1. The van der Waals surface area contributed by atoms with Crippen molar-refractivity contribution < 1.29 is 14.3 Å². The summed E-state index contributed by atoms with van der Waals surface area (Å²) in [5, 5.41) is 3.08. The highest BCUT2D eigenvalue weighted by atomic mass is 16.5. The first-order valence-corrected chi connectivity index (χ1v) is 5.12. The second-order valence-electron chi connectivity index (χ2n) is 3.93. The number of rotatable bonds is 4. The lowest BCUT2D eigenvalue weighted by Crippen LogP contribution is -2.40. The molecule has 5 heteroatoms. The smallest absolute Gasteiger partial charge is 0.309 e. The molecule has 1 rings (SSSR count). The van der Waals surface area contributed by atoms with E-state index in [1.807, 2.05) is 0 Å². The van der Waals surface area contributed by atoms with Crippen LogP contribution >= 0.6 is 0 Å². The number of amides is 1. The molecule has 0 aromatic carbocycles. The Morgan fingerprint density at radius 3 is 2.87 bits per heavy atom. The Morgan fingerprint density at radius 1 is 1.73 bits per heavy atom. The lowest BCUT2D eigenvalue weighted by Gasteiger charge is -2.14. The highest BCUT2D eigenvalue weighted by molar-refractivity contribution is 5.83. The van der Waals surface area contributed by atoms with E-state index in [-0.39, 0.29) is 23.8 Å². The number of ether oxygens (including phenoxy) is 1. The molecule has 1 heterocycles. The van der Waals surface area contributed by atoms with Crippen LogP contribution < -0.4 is 5.32 Å². The Bertz CT molecular complexity index is 255. The van der Waals surface area contributed by atoms with Gasteiger partial charge in [0.2, 0.25) is 5.91 Å². The van der Waals surface area contributed by atoms with E-state index in [9.17, 15) is 9.59 Å². The maximum absolute atomic E-state index is 11.5. The summed E-state index contributed by atoms with van der Waals surface area (Å²) in [7, 11) is 3.15. The summed E-state index contributed by atoms with van der Waals surface area (Å²) < 4.78 is 4.60. The van der Waals surface area contributed by atoms with Crippen molar-refractivity contribution in [1.29, 1.82) is 0 Å². The molecule has 1 N–H and O–H groups in total. The van der Waals surface area contributed by atoms with E-state index in [0.717, 1.165) is 13.0 Å². The molecule has 0 bridgehead atoms. The molecule has 0 spiro atoms. The maximum Gasteiger partial charge on any atom is 0.309 e. The number of nitrogens with zero attached hydrogens (tertiary/aromatic N) is 1. The maximum atomic E-state index is 11.5. The Labute approximate surface area is 89.8 Å². The van der Waals surface area contributed by atoms with Crippen molar-refractivity contribution in [1.82, 2.24) is 10.2 Å². The van der Waals surface area contributed by atoms with E-state index in [1.165, 1.54) is 7.11 Å². The van der Waals surface area contributed by atoms with E-state index in [0.29, 0.717) is 6.54 Å². The van der Waals surface area contributed by atoms with Crippen LogP contribution in [0.5, 0.6) is 0 Å². The molecule has 86 valence electrons. The van der Waals surface area contributed by atoms with Gasteiger partial charge in [-0.1, -0.05) is 6.92 Å². The minimum atomic E-state index is -0.249. The van der Waals surface area contributed by atoms with Gasteiger partial charge < -0.3 is 15.0 Å². The summed E-state index contributed by atoms with van der Waals surface area (Å²) in [6.45, 7) is 3.04. The quantitative estimate of drug-likeness (QED) is 0.648. The third kappa shape index (κ3) is 2.92. The minimum Gasteiger partial charge on any atom is -0.469 e. The third-order valence-corrected chi connectivity index (χ3v) is 2.70. The molecule has 1 saturated heterocycles. The Balaban J connectivity index is 2.32. The van der Waals surface area contributed by atoms with Gasteiger partial charge in [0.05, 0.1) is 19.1 Å². The average molecular weight is 214 g/mol. The van der Waals surface area contributed by atoms with Gasteiger partial charge in [-0.25, -0.2) is 0 Å². The van der Waals surface area contributed by atoms with Crippen molar-refractivity contribution in [2.24, 2.45) is 5.92 Å². The van der Waals surface area contributed by atoms with Gasteiger partial charge in [-0.15, -0.1) is 0 Å². The van der Waals surface area contributed by atoms with Gasteiger partial charge in [0.1, 0.15) is 0 Å². The van der Waals surface area contributed by atoms with Crippen molar-refractivity contribution in [3.05, 3.63) is 0 Å². The lowest BCUT2D eigenvalue weighted by molar-refractivity contribution is -0.144. The van der Waals surface area contributed by atoms with Gasteiger partial charge in [-0.2, -0.15) is 0 Å². The normalized spacial score (nSPS) is 23.0. The van der Waals surface area contributed by atoms with Crippen LogP contribution in [0.1, 0.15) is 13.3 Å². The summed E-state index contributed by atoms with van der Waals surface area (Å²) in [4.78, 5) is 24.3. The van der Waals surface area contributed by atoms with Gasteiger partial charge in [-0.3, -0.25) is 9.59 Å². The summed E-state index contributed by atoms with van der Waals surface area (Å²) in [6, 6.07) is -0.137. The largest absolute Gasteiger partial charge is 0.469 e. The first-order chi connectivity index (χ1) is 7.06. The zero-order valence-corrected chi connectivity index (χ0v) is 9.45. The Morgan fingerprint density at radius 2 is 2.40 bits per heavy atom. The highest BCUT2D eigenvalue weighted by Gasteiger charge is 2.29. The average Bonchev–Trinajstić information content (AvgIpc) is 2.55. The number of carbonyl (C=O) groups excluding carboxylic acids is 2. The zero-order valence-electron chi connectivity index (χ0n) is 9.45. The number of likely N-dealkylation sites (tertiary alicyclic amines) is 1. The number of likely N-dealkylation sites (N-methyl/N-ethyl adjacent to an activating group) is 1. The van der Waals surface area contributed by atoms with Gasteiger partial charge >= 0.3 is 5.97 Å². The first-order valence-electron chi connectivity index (χ1n) is 5.12. The highest BCUT2D eigenvalue weighted by Crippen LogP contribution is 2.09. The minimum absolute atomic E-state index is 0.104. The van der Waals surface area contributed by atoms with Crippen LogP contribution in [0, 0.1) is 5.92 Å². The zero-order chi connectivity index (χ0) is 11.4. The molecule has 1 amide bonds. The lowest BCUT2D eigenvalue weighted by atomic mass is 10.1. The molecule has 15 heavy (non-hydrogen) atoms. The van der Waals surface area contributed by atoms with Gasteiger partial charge in [0.25, 0.3) is 0 Å². The molecule has 0 aromatic rings. The molecule has 0 aromatic heterocycles. The predicted molar refractivity (Wildman–Crippen MR) is 55.2 cm³/mol. The van der Waals surface area contributed by atoms with Crippen LogP contribution in [-0.4, -0.2) is 50.1 Å². The Hall–Kier alpha value is -1.10. The van der Waals surface area contributed by atoms with Gasteiger partial charge in [-0.05, 0) is 6.42 Å². The molecule has 5 nitrogen and oxygen atoms in total. The molecule has 0 radical (unpaired) electrons. The van der Waals surface area contributed by atoms with Gasteiger partial charge in [0.15, 0.2) is 0 Å². The van der Waals surface area contributed by atoms with Crippen molar-refractivity contribution in [3.8, 4) is 0 Å². The monoisotopic (exact) mass is 214 g/mol. The molecule has 1 aliphatic heterocycles. The van der Waals surface area contributed by atoms with Crippen LogP contribution in [0.4, 0.5) is 0 Å². The molecule has 0 aliphatic carbocycles. The number of esters is 1. The molecular formula is C10H18N2O3. The summed E-state index contributed by atoms with van der Waals surface area (Å²) in [5.41, 5.74) is 0.